The van der Waals surface area contributed by atoms with Gasteiger partial charge in [-0.1, -0.05) is 24.3 Å². The van der Waals surface area contributed by atoms with Crippen molar-refractivity contribution < 1.29 is 14.3 Å². The Morgan fingerprint density at radius 3 is 2.07 bits per heavy atom. The average Bonchev–Trinajstić information content (AvgIpc) is 3.06. The standard InChI is InChI=1S/C22H25N3O3/c1-15-22(23-21(26)14-17-6-11-19(28-3)12-7-17)20(25-24-15)13-8-16-4-9-18(27-2)10-5-16/h4-7,9-12H,8,13-14H2,1-3H3,(H,23,26)(H,24,25). The molecule has 0 fully saturated rings. The normalized spacial score (nSPS) is 10.5. The van der Waals surface area contributed by atoms with E-state index in [9.17, 15) is 4.79 Å². The van der Waals surface area contributed by atoms with E-state index in [1.807, 2.05) is 55.5 Å². The van der Waals surface area contributed by atoms with Gasteiger partial charge in [-0.3, -0.25) is 9.89 Å². The Morgan fingerprint density at radius 2 is 1.50 bits per heavy atom. The predicted molar refractivity (Wildman–Crippen MR) is 109 cm³/mol. The number of hydrogen-bond donors (Lipinski definition) is 2. The van der Waals surface area contributed by atoms with Gasteiger partial charge in [-0.05, 0) is 55.2 Å². The summed E-state index contributed by atoms with van der Waals surface area (Å²) in [5.41, 5.74) is 4.60. The maximum absolute atomic E-state index is 12.5. The summed E-state index contributed by atoms with van der Waals surface area (Å²) in [4.78, 5) is 12.5. The summed E-state index contributed by atoms with van der Waals surface area (Å²) in [7, 11) is 3.28. The topological polar surface area (TPSA) is 76.2 Å². The summed E-state index contributed by atoms with van der Waals surface area (Å²) in [5.74, 6) is 1.54. The Kier molecular flexibility index (Phi) is 6.32. The number of aryl methyl sites for hydroxylation is 3. The van der Waals surface area contributed by atoms with Gasteiger partial charge in [0, 0.05) is 0 Å². The van der Waals surface area contributed by atoms with Crippen LogP contribution in [0, 0.1) is 6.92 Å². The summed E-state index contributed by atoms with van der Waals surface area (Å²) < 4.78 is 10.3. The molecule has 28 heavy (non-hydrogen) atoms. The van der Waals surface area contributed by atoms with Gasteiger partial charge in [0.15, 0.2) is 0 Å². The minimum Gasteiger partial charge on any atom is -0.497 e. The van der Waals surface area contributed by atoms with E-state index in [1.54, 1.807) is 14.2 Å². The molecule has 0 spiro atoms. The minimum atomic E-state index is -0.0691. The van der Waals surface area contributed by atoms with E-state index in [0.29, 0.717) is 6.42 Å². The molecule has 3 aromatic rings. The number of ether oxygens (including phenoxy) is 2. The van der Waals surface area contributed by atoms with Gasteiger partial charge < -0.3 is 14.8 Å². The van der Waals surface area contributed by atoms with Gasteiger partial charge in [-0.15, -0.1) is 0 Å². The van der Waals surface area contributed by atoms with Gasteiger partial charge in [0.1, 0.15) is 11.5 Å². The molecule has 0 atom stereocenters. The van der Waals surface area contributed by atoms with Gasteiger partial charge in [0.25, 0.3) is 0 Å². The average molecular weight is 379 g/mol. The number of anilines is 1. The fourth-order valence-electron chi connectivity index (χ4n) is 2.99. The highest BCUT2D eigenvalue weighted by atomic mass is 16.5. The van der Waals surface area contributed by atoms with Crippen molar-refractivity contribution in [2.45, 2.75) is 26.2 Å². The fourth-order valence-corrected chi connectivity index (χ4v) is 2.99. The molecule has 0 unspecified atom stereocenters. The molecule has 2 aromatic carbocycles. The number of hydrogen-bond acceptors (Lipinski definition) is 4. The number of carbonyl (C=O) groups excluding carboxylic acids is 1. The largest absolute Gasteiger partial charge is 0.497 e. The lowest BCUT2D eigenvalue weighted by atomic mass is 10.1. The third kappa shape index (κ3) is 4.91. The monoisotopic (exact) mass is 379 g/mol. The van der Waals surface area contributed by atoms with Crippen LogP contribution in [0.15, 0.2) is 48.5 Å². The first-order valence-corrected chi connectivity index (χ1v) is 9.18. The van der Waals surface area contributed by atoms with Gasteiger partial charge in [-0.2, -0.15) is 5.10 Å². The van der Waals surface area contributed by atoms with Crippen LogP contribution < -0.4 is 14.8 Å². The highest BCUT2D eigenvalue weighted by molar-refractivity contribution is 5.93. The maximum Gasteiger partial charge on any atom is 0.228 e. The smallest absolute Gasteiger partial charge is 0.228 e. The van der Waals surface area contributed by atoms with Gasteiger partial charge >= 0.3 is 0 Å². The van der Waals surface area contributed by atoms with Crippen molar-refractivity contribution in [3.05, 3.63) is 71.0 Å². The minimum absolute atomic E-state index is 0.0691. The molecule has 0 aliphatic carbocycles. The van der Waals surface area contributed by atoms with Crippen molar-refractivity contribution >= 4 is 11.6 Å². The molecular weight excluding hydrogens is 354 g/mol. The second-order valence-corrected chi connectivity index (χ2v) is 6.59. The number of benzene rings is 2. The van der Waals surface area contributed by atoms with Crippen LogP contribution in [0.1, 0.15) is 22.5 Å². The van der Waals surface area contributed by atoms with Crippen molar-refractivity contribution in [3.63, 3.8) is 0 Å². The van der Waals surface area contributed by atoms with Crippen molar-refractivity contribution in [2.24, 2.45) is 0 Å². The Balaban J connectivity index is 1.61. The lowest BCUT2D eigenvalue weighted by Crippen LogP contribution is -2.16. The number of amides is 1. The Hall–Kier alpha value is -3.28. The van der Waals surface area contributed by atoms with Crippen LogP contribution in [0.25, 0.3) is 0 Å². The van der Waals surface area contributed by atoms with E-state index >= 15 is 0 Å². The number of H-pyrrole nitrogens is 1. The molecule has 6 nitrogen and oxygen atoms in total. The maximum atomic E-state index is 12.5. The van der Waals surface area contributed by atoms with Crippen molar-refractivity contribution in [1.29, 1.82) is 0 Å². The zero-order chi connectivity index (χ0) is 19.9. The number of nitrogens with zero attached hydrogens (tertiary/aromatic N) is 1. The van der Waals surface area contributed by atoms with E-state index in [2.05, 4.69) is 15.5 Å². The molecule has 6 heteroatoms. The lowest BCUT2D eigenvalue weighted by Gasteiger charge is -2.08. The SMILES string of the molecule is COc1ccc(CCc2n[nH]c(C)c2NC(=O)Cc2ccc(OC)cc2)cc1. The molecule has 1 heterocycles. The third-order valence-electron chi connectivity index (χ3n) is 4.62. The quantitative estimate of drug-likeness (QED) is 0.626. The van der Waals surface area contributed by atoms with Crippen LogP contribution in [0.5, 0.6) is 11.5 Å². The van der Waals surface area contributed by atoms with E-state index < -0.39 is 0 Å². The lowest BCUT2D eigenvalue weighted by molar-refractivity contribution is -0.115. The summed E-state index contributed by atoms with van der Waals surface area (Å²) in [5, 5.41) is 10.3. The van der Waals surface area contributed by atoms with E-state index in [0.717, 1.165) is 47.0 Å². The van der Waals surface area contributed by atoms with Crippen molar-refractivity contribution in [2.75, 3.05) is 19.5 Å². The Bertz CT molecular complexity index is 915. The summed E-state index contributed by atoms with van der Waals surface area (Å²) >= 11 is 0. The van der Waals surface area contributed by atoms with Crippen LogP contribution in [-0.2, 0) is 24.1 Å². The Morgan fingerprint density at radius 1 is 0.929 bits per heavy atom. The van der Waals surface area contributed by atoms with Gasteiger partial charge in [0.2, 0.25) is 5.91 Å². The molecule has 0 bridgehead atoms. The zero-order valence-electron chi connectivity index (χ0n) is 16.4. The molecule has 0 aliphatic heterocycles. The van der Waals surface area contributed by atoms with E-state index in [4.69, 9.17) is 9.47 Å². The molecule has 1 amide bonds. The van der Waals surface area contributed by atoms with E-state index in [1.165, 1.54) is 5.56 Å². The molecule has 146 valence electrons. The third-order valence-corrected chi connectivity index (χ3v) is 4.62. The summed E-state index contributed by atoms with van der Waals surface area (Å²) in [6.45, 7) is 1.91. The predicted octanol–water partition coefficient (Wildman–Crippen LogP) is 3.70. The number of carbonyl (C=O) groups is 1. The number of rotatable bonds is 8. The van der Waals surface area contributed by atoms with Crippen LogP contribution >= 0.6 is 0 Å². The van der Waals surface area contributed by atoms with Gasteiger partial charge in [0.05, 0.1) is 37.7 Å². The second-order valence-electron chi connectivity index (χ2n) is 6.59. The van der Waals surface area contributed by atoms with E-state index in [-0.39, 0.29) is 5.91 Å². The molecule has 0 radical (unpaired) electrons. The molecule has 1 aromatic heterocycles. The number of nitrogens with one attached hydrogen (secondary N) is 2. The Labute approximate surface area is 164 Å². The zero-order valence-corrected chi connectivity index (χ0v) is 16.4. The first-order valence-electron chi connectivity index (χ1n) is 9.18. The molecule has 2 N–H and O–H groups in total. The highest BCUT2D eigenvalue weighted by Crippen LogP contribution is 2.21. The first-order chi connectivity index (χ1) is 13.6. The number of methoxy groups -OCH3 is 2. The van der Waals surface area contributed by atoms with Crippen LogP contribution in [0.2, 0.25) is 0 Å². The van der Waals surface area contributed by atoms with Crippen LogP contribution in [0.4, 0.5) is 5.69 Å². The van der Waals surface area contributed by atoms with Crippen LogP contribution in [0.3, 0.4) is 0 Å². The molecule has 3 rings (SSSR count). The molecule has 0 aliphatic rings. The number of aromatic nitrogens is 2. The van der Waals surface area contributed by atoms with Crippen molar-refractivity contribution in [3.8, 4) is 11.5 Å². The summed E-state index contributed by atoms with van der Waals surface area (Å²) in [6.07, 6.45) is 1.86. The first kappa shape index (κ1) is 19.5. The molecular formula is C22H25N3O3. The summed E-state index contributed by atoms with van der Waals surface area (Å²) in [6, 6.07) is 15.5. The number of aromatic amines is 1. The van der Waals surface area contributed by atoms with Crippen molar-refractivity contribution in [1.82, 2.24) is 10.2 Å². The fraction of sp³-hybridized carbons (Fsp3) is 0.273. The molecule has 0 saturated heterocycles. The van der Waals surface area contributed by atoms with Crippen LogP contribution in [-0.4, -0.2) is 30.3 Å². The van der Waals surface area contributed by atoms with Gasteiger partial charge in [-0.25, -0.2) is 0 Å². The second kappa shape index (κ2) is 9.08. The molecule has 0 saturated carbocycles. The highest BCUT2D eigenvalue weighted by Gasteiger charge is 2.14.